The Balaban J connectivity index is 1.34. The zero-order valence-electron chi connectivity index (χ0n) is 14.9. The van der Waals surface area contributed by atoms with Gasteiger partial charge in [-0.3, -0.25) is 9.59 Å². The Morgan fingerprint density at radius 2 is 1.48 bits per heavy atom. The molecule has 4 saturated carbocycles. The van der Waals surface area contributed by atoms with Gasteiger partial charge in [-0.1, -0.05) is 12.1 Å². The summed E-state index contributed by atoms with van der Waals surface area (Å²) in [6, 6.07) is 6.06. The van der Waals surface area contributed by atoms with Crippen molar-refractivity contribution in [3.8, 4) is 0 Å². The molecule has 0 spiro atoms. The second-order valence-corrected chi connectivity index (χ2v) is 8.53. The summed E-state index contributed by atoms with van der Waals surface area (Å²) in [5, 5.41) is 4.85. The van der Waals surface area contributed by atoms with Crippen LogP contribution in [0.25, 0.3) is 0 Å². The van der Waals surface area contributed by atoms with E-state index in [1.165, 1.54) is 31.4 Å². The summed E-state index contributed by atoms with van der Waals surface area (Å²) in [5.74, 6) is 0.206. The summed E-state index contributed by atoms with van der Waals surface area (Å²) in [7, 11) is 0. The average molecular weight is 380 g/mol. The van der Waals surface area contributed by atoms with Crippen LogP contribution in [0.2, 0.25) is 0 Å². The quantitative estimate of drug-likeness (QED) is 0.829. The lowest BCUT2D eigenvalue weighted by molar-refractivity contribution is -0.167. The zero-order chi connectivity index (χ0) is 19.2. The molecule has 2 amide bonds. The van der Waals surface area contributed by atoms with Crippen molar-refractivity contribution in [2.45, 2.75) is 51.2 Å². The highest BCUT2D eigenvalue weighted by molar-refractivity contribution is 5.94. The first-order valence-electron chi connectivity index (χ1n) is 9.49. The molecule has 0 heterocycles. The molecule has 7 heteroatoms. The normalized spacial score (nSPS) is 31.6. The number of rotatable bonds is 4. The van der Waals surface area contributed by atoms with Crippen molar-refractivity contribution in [2.24, 2.45) is 23.2 Å². The molecule has 4 fully saturated rings. The molecule has 146 valence electrons. The van der Waals surface area contributed by atoms with Crippen LogP contribution in [0.1, 0.15) is 44.1 Å². The van der Waals surface area contributed by atoms with Crippen LogP contribution in [0.15, 0.2) is 24.3 Å². The number of anilines is 1. The predicted octanol–water partition coefficient (Wildman–Crippen LogP) is 4.02. The Hall–Kier alpha value is -2.05. The Morgan fingerprint density at radius 1 is 0.963 bits per heavy atom. The maximum absolute atomic E-state index is 12.9. The van der Waals surface area contributed by atoms with Crippen molar-refractivity contribution in [2.75, 3.05) is 5.32 Å². The molecule has 0 atom stereocenters. The largest absolute Gasteiger partial charge is 0.471 e. The van der Waals surface area contributed by atoms with Gasteiger partial charge in [0.2, 0.25) is 5.91 Å². The standard InChI is InChI=1S/C20H23F3N2O2/c21-20(22,23)18(27)25-16-3-1-12(2-4-16)11-24-17(26)19-8-13-5-14(9-19)7-15(6-13)10-19/h1-4,13-15H,5-11H2,(H,24,26)(H,25,27). The van der Waals surface area contributed by atoms with E-state index < -0.39 is 12.1 Å². The average Bonchev–Trinajstić information content (AvgIpc) is 2.59. The SMILES string of the molecule is O=C(Nc1ccc(CNC(=O)C23CC4CC(CC(C4)C2)C3)cc1)C(F)(F)F. The minimum atomic E-state index is -4.91. The summed E-state index contributed by atoms with van der Waals surface area (Å²) in [6.07, 6.45) is 1.89. The first-order chi connectivity index (χ1) is 12.7. The second kappa shape index (κ2) is 6.53. The number of carbonyl (C=O) groups is 2. The molecule has 4 aliphatic carbocycles. The predicted molar refractivity (Wildman–Crippen MR) is 93.6 cm³/mol. The Kier molecular flexibility index (Phi) is 4.43. The van der Waals surface area contributed by atoms with Gasteiger partial charge >= 0.3 is 12.1 Å². The topological polar surface area (TPSA) is 58.2 Å². The highest BCUT2D eigenvalue weighted by Gasteiger charge is 2.54. The van der Waals surface area contributed by atoms with E-state index in [9.17, 15) is 22.8 Å². The van der Waals surface area contributed by atoms with Gasteiger partial charge in [0.05, 0.1) is 0 Å². The van der Waals surface area contributed by atoms with Gasteiger partial charge < -0.3 is 10.6 Å². The minimum absolute atomic E-state index is 0.0773. The van der Waals surface area contributed by atoms with Crippen molar-refractivity contribution in [1.29, 1.82) is 0 Å². The van der Waals surface area contributed by atoms with Crippen molar-refractivity contribution in [3.63, 3.8) is 0 Å². The number of hydrogen-bond donors (Lipinski definition) is 2. The summed E-state index contributed by atoms with van der Waals surface area (Å²) in [6.45, 7) is 0.341. The molecule has 4 bridgehead atoms. The van der Waals surface area contributed by atoms with Crippen LogP contribution < -0.4 is 10.6 Å². The Bertz CT molecular complexity index is 707. The van der Waals surface area contributed by atoms with Crippen molar-refractivity contribution in [1.82, 2.24) is 5.32 Å². The molecule has 0 aliphatic heterocycles. The zero-order valence-corrected chi connectivity index (χ0v) is 14.9. The number of benzene rings is 1. The lowest BCUT2D eigenvalue weighted by Crippen LogP contribution is -2.53. The number of alkyl halides is 3. The first kappa shape index (κ1) is 18.3. The third kappa shape index (κ3) is 3.69. The smallest absolute Gasteiger partial charge is 0.352 e. The molecule has 27 heavy (non-hydrogen) atoms. The van der Waals surface area contributed by atoms with Crippen LogP contribution in [0.3, 0.4) is 0 Å². The van der Waals surface area contributed by atoms with Crippen LogP contribution in [-0.2, 0) is 16.1 Å². The fraction of sp³-hybridized carbons (Fsp3) is 0.600. The maximum atomic E-state index is 12.9. The van der Waals surface area contributed by atoms with Gasteiger partial charge in [-0.15, -0.1) is 0 Å². The lowest BCUT2D eigenvalue weighted by Gasteiger charge is -2.55. The Morgan fingerprint density at radius 3 is 1.96 bits per heavy atom. The third-order valence-electron chi connectivity index (χ3n) is 6.44. The fourth-order valence-electron chi connectivity index (χ4n) is 5.67. The van der Waals surface area contributed by atoms with Crippen LogP contribution in [0.5, 0.6) is 0 Å². The number of carbonyl (C=O) groups excluding carboxylic acids is 2. The van der Waals surface area contributed by atoms with Crippen LogP contribution in [0.4, 0.5) is 18.9 Å². The van der Waals surface area contributed by atoms with E-state index in [-0.39, 0.29) is 17.0 Å². The number of halogens is 3. The molecule has 1 aromatic carbocycles. The van der Waals surface area contributed by atoms with Crippen molar-refractivity contribution < 1.29 is 22.8 Å². The summed E-state index contributed by atoms with van der Waals surface area (Å²) in [4.78, 5) is 23.8. The van der Waals surface area contributed by atoms with Gasteiger partial charge in [0.1, 0.15) is 0 Å². The van der Waals surface area contributed by atoms with E-state index in [1.807, 2.05) is 5.32 Å². The van der Waals surface area contributed by atoms with Gasteiger partial charge in [-0.05, 0) is 74.0 Å². The highest BCUT2D eigenvalue weighted by Crippen LogP contribution is 2.60. The molecule has 0 saturated heterocycles. The van der Waals surface area contributed by atoms with Gasteiger partial charge in [0.15, 0.2) is 0 Å². The van der Waals surface area contributed by atoms with Crippen molar-refractivity contribution in [3.05, 3.63) is 29.8 Å². The van der Waals surface area contributed by atoms with E-state index in [0.29, 0.717) is 24.3 Å². The number of amides is 2. The molecule has 4 aliphatic rings. The van der Waals surface area contributed by atoms with E-state index in [4.69, 9.17) is 0 Å². The number of nitrogens with one attached hydrogen (secondary N) is 2. The van der Waals surface area contributed by atoms with Gasteiger partial charge in [-0.25, -0.2) is 0 Å². The summed E-state index contributed by atoms with van der Waals surface area (Å²) in [5.41, 5.74) is 0.654. The van der Waals surface area contributed by atoms with Gasteiger partial charge in [0.25, 0.3) is 0 Å². The van der Waals surface area contributed by atoms with E-state index in [2.05, 4.69) is 5.32 Å². The Labute approximate surface area is 155 Å². The molecule has 0 aromatic heterocycles. The molecule has 2 N–H and O–H groups in total. The molecule has 1 aromatic rings. The number of hydrogen-bond acceptors (Lipinski definition) is 2. The monoisotopic (exact) mass is 380 g/mol. The summed E-state index contributed by atoms with van der Waals surface area (Å²) < 4.78 is 36.8. The van der Waals surface area contributed by atoms with Crippen LogP contribution in [0, 0.1) is 23.2 Å². The van der Waals surface area contributed by atoms with E-state index in [1.54, 1.807) is 12.1 Å². The lowest BCUT2D eigenvalue weighted by atomic mass is 9.49. The van der Waals surface area contributed by atoms with Crippen LogP contribution in [-0.4, -0.2) is 18.0 Å². The molecule has 0 radical (unpaired) electrons. The molecule has 5 rings (SSSR count). The van der Waals surface area contributed by atoms with Gasteiger partial charge in [-0.2, -0.15) is 13.2 Å². The minimum Gasteiger partial charge on any atom is -0.352 e. The van der Waals surface area contributed by atoms with Crippen LogP contribution >= 0.6 is 0 Å². The van der Waals surface area contributed by atoms with Crippen molar-refractivity contribution >= 4 is 17.5 Å². The molecular weight excluding hydrogens is 357 g/mol. The van der Waals surface area contributed by atoms with E-state index >= 15 is 0 Å². The maximum Gasteiger partial charge on any atom is 0.471 e. The van der Waals surface area contributed by atoms with E-state index in [0.717, 1.165) is 24.8 Å². The van der Waals surface area contributed by atoms with Gasteiger partial charge in [0, 0.05) is 17.6 Å². The highest BCUT2D eigenvalue weighted by atomic mass is 19.4. The molecule has 4 nitrogen and oxygen atoms in total. The first-order valence-corrected chi connectivity index (χ1v) is 9.49. The second-order valence-electron chi connectivity index (χ2n) is 8.53. The molecule has 0 unspecified atom stereocenters. The third-order valence-corrected chi connectivity index (χ3v) is 6.44. The molecular formula is C20H23F3N2O2. The summed E-state index contributed by atoms with van der Waals surface area (Å²) >= 11 is 0. The fourth-order valence-corrected chi connectivity index (χ4v) is 5.67.